The summed E-state index contributed by atoms with van der Waals surface area (Å²) in [6.07, 6.45) is 0.0965. The smallest absolute Gasteiger partial charge is 0.309 e. The van der Waals surface area contributed by atoms with Gasteiger partial charge in [0.15, 0.2) is 6.10 Å². The average Bonchev–Trinajstić information content (AvgIpc) is 3.16. The fraction of sp³-hybridized carbons (Fsp3) is 0.529. The highest BCUT2D eigenvalue weighted by atomic mass is 16.5. The lowest BCUT2D eigenvalue weighted by atomic mass is 10.0. The molecule has 1 aliphatic carbocycles. The SMILES string of the molecule is CC(C)c1ccc(NC(=O)[C@H](C)OC(=O)[C@@H]2C[C@@H]2C)cc1. The number of rotatable bonds is 5. The number of hydrogen-bond acceptors (Lipinski definition) is 3. The summed E-state index contributed by atoms with van der Waals surface area (Å²) >= 11 is 0. The Morgan fingerprint density at radius 2 is 1.76 bits per heavy atom. The maximum atomic E-state index is 12.0. The lowest BCUT2D eigenvalue weighted by Crippen LogP contribution is -2.30. The van der Waals surface area contributed by atoms with E-state index in [0.717, 1.165) is 6.42 Å². The van der Waals surface area contributed by atoms with Crippen LogP contribution in [0.25, 0.3) is 0 Å². The molecule has 0 aliphatic heterocycles. The molecule has 3 atom stereocenters. The van der Waals surface area contributed by atoms with Gasteiger partial charge in [-0.1, -0.05) is 32.9 Å². The van der Waals surface area contributed by atoms with Gasteiger partial charge in [0, 0.05) is 5.69 Å². The second kappa shape index (κ2) is 6.29. The van der Waals surface area contributed by atoms with Crippen LogP contribution >= 0.6 is 0 Å². The van der Waals surface area contributed by atoms with Gasteiger partial charge in [-0.2, -0.15) is 0 Å². The Morgan fingerprint density at radius 3 is 2.24 bits per heavy atom. The van der Waals surface area contributed by atoms with Gasteiger partial charge in [0.2, 0.25) is 0 Å². The summed E-state index contributed by atoms with van der Waals surface area (Å²) in [5.41, 5.74) is 1.93. The zero-order chi connectivity index (χ0) is 15.6. The highest BCUT2D eigenvalue weighted by Gasteiger charge is 2.41. The van der Waals surface area contributed by atoms with Crippen molar-refractivity contribution in [1.29, 1.82) is 0 Å². The van der Waals surface area contributed by atoms with Gasteiger partial charge >= 0.3 is 5.97 Å². The van der Waals surface area contributed by atoms with E-state index >= 15 is 0 Å². The monoisotopic (exact) mass is 289 g/mol. The minimum atomic E-state index is -0.768. The van der Waals surface area contributed by atoms with E-state index in [1.54, 1.807) is 6.92 Å². The lowest BCUT2D eigenvalue weighted by Gasteiger charge is -2.14. The minimum Gasteiger partial charge on any atom is -0.452 e. The molecule has 1 fully saturated rings. The van der Waals surface area contributed by atoms with E-state index in [-0.39, 0.29) is 17.8 Å². The Labute approximate surface area is 125 Å². The van der Waals surface area contributed by atoms with Crippen LogP contribution in [0.3, 0.4) is 0 Å². The molecule has 0 unspecified atom stereocenters. The molecular formula is C17H23NO3. The lowest BCUT2D eigenvalue weighted by molar-refractivity contribution is -0.154. The zero-order valence-electron chi connectivity index (χ0n) is 13.1. The molecule has 1 saturated carbocycles. The van der Waals surface area contributed by atoms with Crippen LogP contribution in [0.5, 0.6) is 0 Å². The molecule has 1 aromatic rings. The Hall–Kier alpha value is -1.84. The molecule has 0 radical (unpaired) electrons. The summed E-state index contributed by atoms with van der Waals surface area (Å²) in [7, 11) is 0. The highest BCUT2D eigenvalue weighted by molar-refractivity contribution is 5.95. The first-order valence-electron chi connectivity index (χ1n) is 7.49. The van der Waals surface area contributed by atoms with E-state index in [9.17, 15) is 9.59 Å². The van der Waals surface area contributed by atoms with E-state index in [1.807, 2.05) is 31.2 Å². The van der Waals surface area contributed by atoms with Crippen molar-refractivity contribution in [2.75, 3.05) is 5.32 Å². The molecule has 0 spiro atoms. The number of carbonyl (C=O) groups is 2. The summed E-state index contributed by atoms with van der Waals surface area (Å²) in [4.78, 5) is 23.7. The first-order valence-corrected chi connectivity index (χ1v) is 7.49. The second-order valence-electron chi connectivity index (χ2n) is 6.16. The van der Waals surface area contributed by atoms with E-state index in [4.69, 9.17) is 4.74 Å². The van der Waals surface area contributed by atoms with Gasteiger partial charge in [-0.15, -0.1) is 0 Å². The molecule has 2 rings (SSSR count). The number of hydrogen-bond donors (Lipinski definition) is 1. The Kier molecular flexibility index (Phi) is 4.66. The van der Waals surface area contributed by atoms with Crippen molar-refractivity contribution >= 4 is 17.6 Å². The largest absolute Gasteiger partial charge is 0.452 e. The second-order valence-corrected chi connectivity index (χ2v) is 6.16. The minimum absolute atomic E-state index is 0.0226. The summed E-state index contributed by atoms with van der Waals surface area (Å²) in [6.45, 7) is 7.84. The van der Waals surface area contributed by atoms with Crippen LogP contribution < -0.4 is 5.32 Å². The maximum absolute atomic E-state index is 12.0. The summed E-state index contributed by atoms with van der Waals surface area (Å²) in [6, 6.07) is 7.71. The van der Waals surface area contributed by atoms with Crippen molar-refractivity contribution in [2.24, 2.45) is 11.8 Å². The van der Waals surface area contributed by atoms with Crippen LogP contribution in [0.2, 0.25) is 0 Å². The third kappa shape index (κ3) is 4.06. The zero-order valence-corrected chi connectivity index (χ0v) is 13.1. The normalized spacial score (nSPS) is 21.8. The molecule has 0 saturated heterocycles. The highest BCUT2D eigenvalue weighted by Crippen LogP contribution is 2.38. The van der Waals surface area contributed by atoms with Gasteiger partial charge < -0.3 is 10.1 Å². The standard InChI is InChI=1S/C17H23NO3/c1-10(2)13-5-7-14(8-6-13)18-16(19)12(4)21-17(20)15-9-11(15)3/h5-8,10-12,15H,9H2,1-4H3,(H,18,19)/t11-,12-,15+/m0/s1. The van der Waals surface area contributed by atoms with Gasteiger partial charge in [-0.05, 0) is 42.9 Å². The van der Waals surface area contributed by atoms with Crippen LogP contribution in [0.1, 0.15) is 45.6 Å². The van der Waals surface area contributed by atoms with E-state index in [1.165, 1.54) is 5.56 Å². The molecule has 1 N–H and O–H groups in total. The number of esters is 1. The van der Waals surface area contributed by atoms with Gasteiger partial charge in [0.05, 0.1) is 5.92 Å². The summed E-state index contributed by atoms with van der Waals surface area (Å²) in [5, 5.41) is 2.77. The predicted octanol–water partition coefficient (Wildman–Crippen LogP) is 3.34. The van der Waals surface area contributed by atoms with Crippen molar-refractivity contribution in [3.05, 3.63) is 29.8 Å². The molecule has 4 nitrogen and oxygen atoms in total. The number of ether oxygens (including phenoxy) is 1. The molecule has 1 aliphatic rings. The maximum Gasteiger partial charge on any atom is 0.309 e. The number of carbonyl (C=O) groups excluding carboxylic acids is 2. The Balaban J connectivity index is 1.86. The Morgan fingerprint density at radius 1 is 1.19 bits per heavy atom. The third-order valence-corrected chi connectivity index (χ3v) is 3.92. The molecule has 0 bridgehead atoms. The van der Waals surface area contributed by atoms with Gasteiger partial charge in [0.1, 0.15) is 0 Å². The molecular weight excluding hydrogens is 266 g/mol. The predicted molar refractivity (Wildman–Crippen MR) is 82.0 cm³/mol. The van der Waals surface area contributed by atoms with Crippen molar-refractivity contribution in [2.45, 2.75) is 46.1 Å². The van der Waals surface area contributed by atoms with Gasteiger partial charge in [-0.25, -0.2) is 0 Å². The van der Waals surface area contributed by atoms with E-state index in [2.05, 4.69) is 19.2 Å². The van der Waals surface area contributed by atoms with Crippen LogP contribution in [0.4, 0.5) is 5.69 Å². The van der Waals surface area contributed by atoms with E-state index < -0.39 is 6.10 Å². The van der Waals surface area contributed by atoms with Crippen LogP contribution in [-0.2, 0) is 14.3 Å². The molecule has 1 amide bonds. The third-order valence-electron chi connectivity index (χ3n) is 3.92. The quantitative estimate of drug-likeness (QED) is 0.846. The first kappa shape index (κ1) is 15.5. The average molecular weight is 289 g/mol. The van der Waals surface area contributed by atoms with Crippen molar-refractivity contribution in [3.8, 4) is 0 Å². The fourth-order valence-electron chi connectivity index (χ4n) is 2.16. The van der Waals surface area contributed by atoms with Crippen molar-refractivity contribution < 1.29 is 14.3 Å². The number of benzene rings is 1. The molecule has 21 heavy (non-hydrogen) atoms. The summed E-state index contributed by atoms with van der Waals surface area (Å²) < 4.78 is 5.19. The van der Waals surface area contributed by atoms with E-state index in [0.29, 0.717) is 17.5 Å². The molecule has 0 aromatic heterocycles. The first-order chi connectivity index (χ1) is 9.88. The van der Waals surface area contributed by atoms with Crippen LogP contribution in [0, 0.1) is 11.8 Å². The molecule has 114 valence electrons. The van der Waals surface area contributed by atoms with Crippen molar-refractivity contribution in [3.63, 3.8) is 0 Å². The van der Waals surface area contributed by atoms with Gasteiger partial charge in [0.25, 0.3) is 5.91 Å². The number of anilines is 1. The Bertz CT molecular complexity index is 521. The number of amides is 1. The molecule has 0 heterocycles. The van der Waals surface area contributed by atoms with Crippen LogP contribution in [0.15, 0.2) is 24.3 Å². The molecule has 4 heteroatoms. The molecule has 1 aromatic carbocycles. The van der Waals surface area contributed by atoms with Gasteiger partial charge in [-0.3, -0.25) is 9.59 Å². The van der Waals surface area contributed by atoms with Crippen molar-refractivity contribution in [1.82, 2.24) is 0 Å². The number of nitrogens with one attached hydrogen (secondary N) is 1. The fourth-order valence-corrected chi connectivity index (χ4v) is 2.16. The van der Waals surface area contributed by atoms with Crippen LogP contribution in [-0.4, -0.2) is 18.0 Å². The summed E-state index contributed by atoms with van der Waals surface area (Å²) in [5.74, 6) is 0.256. The topological polar surface area (TPSA) is 55.4 Å².